The second-order valence-corrected chi connectivity index (χ2v) is 4.52. The second kappa shape index (κ2) is 5.29. The van der Waals surface area contributed by atoms with E-state index in [0.29, 0.717) is 18.4 Å². The van der Waals surface area contributed by atoms with Crippen molar-refractivity contribution in [1.29, 1.82) is 0 Å². The zero-order valence-electron chi connectivity index (χ0n) is 10.1. The van der Waals surface area contributed by atoms with Crippen LogP contribution < -0.4 is 10.1 Å². The van der Waals surface area contributed by atoms with E-state index in [1.54, 1.807) is 25.5 Å². The van der Waals surface area contributed by atoms with Crippen molar-refractivity contribution in [2.45, 2.75) is 13.0 Å². The van der Waals surface area contributed by atoms with Crippen LogP contribution in [0.5, 0.6) is 5.88 Å². The topological polar surface area (TPSA) is 56.3 Å². The number of hydrogen-bond donors (Lipinski definition) is 1. The number of methoxy groups -OCH3 is 1. The summed E-state index contributed by atoms with van der Waals surface area (Å²) in [4.78, 5) is 9.59. The Balaban J connectivity index is 2.33. The highest BCUT2D eigenvalue weighted by atomic mass is 32.1. The molecule has 0 aromatic carbocycles. The summed E-state index contributed by atoms with van der Waals surface area (Å²) in [7, 11) is 3.44. The summed E-state index contributed by atoms with van der Waals surface area (Å²) in [5.74, 6) is 1.17. The lowest BCUT2D eigenvalue weighted by atomic mass is 10.4. The molecular formula is C11H15N3O2S. The van der Waals surface area contributed by atoms with E-state index in [0.717, 1.165) is 10.2 Å². The van der Waals surface area contributed by atoms with Crippen molar-refractivity contribution in [1.82, 2.24) is 9.97 Å². The van der Waals surface area contributed by atoms with Crippen molar-refractivity contribution >= 4 is 27.5 Å². The van der Waals surface area contributed by atoms with Gasteiger partial charge in [0.1, 0.15) is 10.9 Å². The van der Waals surface area contributed by atoms with Crippen molar-refractivity contribution in [3.63, 3.8) is 0 Å². The molecule has 0 saturated heterocycles. The lowest BCUT2D eigenvalue weighted by Gasteiger charge is -2.13. The van der Waals surface area contributed by atoms with E-state index in [4.69, 9.17) is 9.47 Å². The van der Waals surface area contributed by atoms with Crippen LogP contribution in [-0.2, 0) is 4.74 Å². The molecule has 0 fully saturated rings. The molecule has 0 aliphatic carbocycles. The van der Waals surface area contributed by atoms with Crippen LogP contribution in [0.15, 0.2) is 11.4 Å². The molecule has 5 nitrogen and oxygen atoms in total. The molecule has 0 bridgehead atoms. The van der Waals surface area contributed by atoms with Gasteiger partial charge in [-0.05, 0) is 18.4 Å². The SMILES string of the molecule is CNc1nc(OC(C)COC)c2ccsc2n1. The van der Waals surface area contributed by atoms with Crippen LogP contribution in [0, 0.1) is 0 Å². The summed E-state index contributed by atoms with van der Waals surface area (Å²) in [6.45, 7) is 2.48. The number of rotatable bonds is 5. The number of ether oxygens (including phenoxy) is 2. The molecule has 92 valence electrons. The number of aromatic nitrogens is 2. The summed E-state index contributed by atoms with van der Waals surface area (Å²) in [6, 6.07) is 1.97. The first-order valence-electron chi connectivity index (χ1n) is 5.33. The number of anilines is 1. The van der Waals surface area contributed by atoms with Crippen LogP contribution in [0.3, 0.4) is 0 Å². The van der Waals surface area contributed by atoms with Gasteiger partial charge in [-0.25, -0.2) is 4.98 Å². The number of fused-ring (bicyclic) bond motifs is 1. The lowest BCUT2D eigenvalue weighted by molar-refractivity contribution is 0.0902. The minimum atomic E-state index is -0.0392. The average Bonchev–Trinajstić information content (AvgIpc) is 2.77. The van der Waals surface area contributed by atoms with Gasteiger partial charge in [0.05, 0.1) is 12.0 Å². The molecule has 6 heteroatoms. The van der Waals surface area contributed by atoms with E-state index in [-0.39, 0.29) is 6.10 Å². The fourth-order valence-corrected chi connectivity index (χ4v) is 2.24. The smallest absolute Gasteiger partial charge is 0.227 e. The lowest BCUT2D eigenvalue weighted by Crippen LogP contribution is -2.19. The van der Waals surface area contributed by atoms with E-state index in [9.17, 15) is 0 Å². The number of thiophene rings is 1. The van der Waals surface area contributed by atoms with Gasteiger partial charge in [-0.15, -0.1) is 11.3 Å². The summed E-state index contributed by atoms with van der Waals surface area (Å²) in [5, 5.41) is 5.85. The fraction of sp³-hybridized carbons (Fsp3) is 0.455. The molecule has 2 heterocycles. The largest absolute Gasteiger partial charge is 0.472 e. The second-order valence-electron chi connectivity index (χ2n) is 3.63. The standard InChI is InChI=1S/C11H15N3O2S/c1-7(6-15-3)16-9-8-4-5-17-10(8)14-11(12-2)13-9/h4-5,7H,6H2,1-3H3,(H,12,13,14). The molecule has 0 aliphatic rings. The van der Waals surface area contributed by atoms with Gasteiger partial charge in [0.25, 0.3) is 0 Å². The number of nitrogens with one attached hydrogen (secondary N) is 1. The van der Waals surface area contributed by atoms with E-state index < -0.39 is 0 Å². The Morgan fingerprint density at radius 3 is 3.00 bits per heavy atom. The monoisotopic (exact) mass is 253 g/mol. The molecule has 0 spiro atoms. The number of hydrogen-bond acceptors (Lipinski definition) is 6. The van der Waals surface area contributed by atoms with E-state index in [1.165, 1.54) is 0 Å². The first kappa shape index (κ1) is 12.1. The summed E-state index contributed by atoms with van der Waals surface area (Å²) in [5.41, 5.74) is 0. The third-order valence-electron chi connectivity index (χ3n) is 2.23. The highest BCUT2D eigenvalue weighted by molar-refractivity contribution is 7.16. The van der Waals surface area contributed by atoms with E-state index in [1.807, 2.05) is 18.4 Å². The molecule has 0 amide bonds. The molecular weight excluding hydrogens is 238 g/mol. The van der Waals surface area contributed by atoms with Gasteiger partial charge in [-0.2, -0.15) is 4.98 Å². The first-order valence-corrected chi connectivity index (χ1v) is 6.21. The quantitative estimate of drug-likeness (QED) is 0.884. The zero-order chi connectivity index (χ0) is 12.3. The van der Waals surface area contributed by atoms with Gasteiger partial charge in [-0.1, -0.05) is 0 Å². The minimum absolute atomic E-state index is 0.0392. The van der Waals surface area contributed by atoms with Gasteiger partial charge in [0.15, 0.2) is 0 Å². The molecule has 2 rings (SSSR count). The van der Waals surface area contributed by atoms with Crippen molar-refractivity contribution in [2.75, 3.05) is 26.1 Å². The molecule has 0 aliphatic heterocycles. The maximum absolute atomic E-state index is 5.76. The van der Waals surface area contributed by atoms with Gasteiger partial charge in [0.2, 0.25) is 11.8 Å². The molecule has 17 heavy (non-hydrogen) atoms. The molecule has 1 N–H and O–H groups in total. The van der Waals surface area contributed by atoms with Gasteiger partial charge in [-0.3, -0.25) is 0 Å². The van der Waals surface area contributed by atoms with Crippen LogP contribution in [0.4, 0.5) is 5.95 Å². The predicted molar refractivity (Wildman–Crippen MR) is 68.9 cm³/mol. The Labute approximate surface area is 104 Å². The Morgan fingerprint density at radius 2 is 2.29 bits per heavy atom. The van der Waals surface area contributed by atoms with Crippen LogP contribution in [0.25, 0.3) is 10.2 Å². The molecule has 1 unspecified atom stereocenters. The van der Waals surface area contributed by atoms with Crippen LogP contribution in [-0.4, -0.2) is 36.8 Å². The van der Waals surface area contributed by atoms with Crippen molar-refractivity contribution in [2.24, 2.45) is 0 Å². The summed E-state index contributed by atoms with van der Waals surface area (Å²) < 4.78 is 10.8. The third-order valence-corrected chi connectivity index (χ3v) is 3.03. The minimum Gasteiger partial charge on any atom is -0.472 e. The highest BCUT2D eigenvalue weighted by Crippen LogP contribution is 2.28. The van der Waals surface area contributed by atoms with Crippen LogP contribution >= 0.6 is 11.3 Å². The Morgan fingerprint density at radius 1 is 1.47 bits per heavy atom. The van der Waals surface area contributed by atoms with E-state index in [2.05, 4.69) is 15.3 Å². The van der Waals surface area contributed by atoms with Crippen molar-refractivity contribution < 1.29 is 9.47 Å². The van der Waals surface area contributed by atoms with E-state index >= 15 is 0 Å². The Hall–Kier alpha value is -1.40. The van der Waals surface area contributed by atoms with Gasteiger partial charge < -0.3 is 14.8 Å². The average molecular weight is 253 g/mol. The first-order chi connectivity index (χ1) is 8.24. The van der Waals surface area contributed by atoms with Gasteiger partial charge >= 0.3 is 0 Å². The highest BCUT2D eigenvalue weighted by Gasteiger charge is 2.12. The summed E-state index contributed by atoms with van der Waals surface area (Å²) >= 11 is 1.57. The van der Waals surface area contributed by atoms with Crippen LogP contribution in [0.1, 0.15) is 6.92 Å². The molecule has 0 saturated carbocycles. The third kappa shape index (κ3) is 2.65. The predicted octanol–water partition coefficient (Wildman–Crippen LogP) is 2.15. The zero-order valence-corrected chi connectivity index (χ0v) is 10.9. The van der Waals surface area contributed by atoms with Crippen molar-refractivity contribution in [3.8, 4) is 5.88 Å². The molecule has 2 aromatic heterocycles. The summed E-state index contributed by atoms with van der Waals surface area (Å²) in [6.07, 6.45) is -0.0392. The van der Waals surface area contributed by atoms with Crippen molar-refractivity contribution in [3.05, 3.63) is 11.4 Å². The molecule has 0 radical (unpaired) electrons. The van der Waals surface area contributed by atoms with Gasteiger partial charge in [0, 0.05) is 14.2 Å². The fourth-order valence-electron chi connectivity index (χ4n) is 1.49. The molecule has 2 aromatic rings. The number of nitrogens with zero attached hydrogens (tertiary/aromatic N) is 2. The maximum Gasteiger partial charge on any atom is 0.227 e. The maximum atomic E-state index is 5.76. The van der Waals surface area contributed by atoms with Crippen LogP contribution in [0.2, 0.25) is 0 Å². The Bertz CT molecular complexity index is 500. The normalized spacial score (nSPS) is 12.6. The Kier molecular flexibility index (Phi) is 3.75. The molecule has 1 atom stereocenters.